The first-order valence-electron chi connectivity index (χ1n) is 8.35. The van der Waals surface area contributed by atoms with Gasteiger partial charge in [0, 0.05) is 22.6 Å². The van der Waals surface area contributed by atoms with Gasteiger partial charge in [0.05, 0.1) is 30.3 Å². The molecule has 4 nitrogen and oxygen atoms in total. The van der Waals surface area contributed by atoms with Crippen molar-refractivity contribution in [2.45, 2.75) is 25.4 Å². The monoisotopic (exact) mass is 354 g/mol. The molecule has 1 N–H and O–H groups in total. The first-order chi connectivity index (χ1) is 12.2. The Labute approximate surface area is 151 Å². The van der Waals surface area contributed by atoms with Crippen LogP contribution in [0.3, 0.4) is 0 Å². The van der Waals surface area contributed by atoms with Crippen molar-refractivity contribution >= 4 is 11.6 Å². The fourth-order valence-corrected chi connectivity index (χ4v) is 3.50. The van der Waals surface area contributed by atoms with Crippen molar-refractivity contribution in [3.63, 3.8) is 0 Å². The lowest BCUT2D eigenvalue weighted by molar-refractivity contribution is 0.157. The van der Waals surface area contributed by atoms with E-state index in [0.717, 1.165) is 41.2 Å². The minimum atomic E-state index is -0.315. The van der Waals surface area contributed by atoms with Gasteiger partial charge in [-0.3, -0.25) is 0 Å². The number of fused-ring (bicyclic) bond motifs is 1. The van der Waals surface area contributed by atoms with E-state index in [9.17, 15) is 5.11 Å². The third-order valence-electron chi connectivity index (χ3n) is 4.66. The summed E-state index contributed by atoms with van der Waals surface area (Å²) in [7, 11) is 1.65. The summed E-state index contributed by atoms with van der Waals surface area (Å²) in [6.45, 7) is 0. The van der Waals surface area contributed by atoms with E-state index >= 15 is 0 Å². The first-order valence-corrected chi connectivity index (χ1v) is 8.72. The highest BCUT2D eigenvalue weighted by Gasteiger charge is 2.26. The molecule has 3 aromatic rings. The molecule has 0 saturated carbocycles. The molecule has 128 valence electrons. The van der Waals surface area contributed by atoms with E-state index in [-0.39, 0.29) is 6.10 Å². The predicted octanol–water partition coefficient (Wildman–Crippen LogP) is 4.05. The molecule has 25 heavy (non-hydrogen) atoms. The van der Waals surface area contributed by atoms with E-state index in [1.54, 1.807) is 7.11 Å². The van der Waals surface area contributed by atoms with Crippen LogP contribution in [-0.4, -0.2) is 28.1 Å². The second kappa shape index (κ2) is 6.54. The Bertz CT molecular complexity index is 885. The maximum absolute atomic E-state index is 10.0. The topological polar surface area (TPSA) is 47.3 Å². The lowest BCUT2D eigenvalue weighted by atomic mass is 9.92. The van der Waals surface area contributed by atoms with Gasteiger partial charge in [-0.1, -0.05) is 23.7 Å². The third-order valence-corrected chi connectivity index (χ3v) is 4.91. The van der Waals surface area contributed by atoms with Gasteiger partial charge in [0.2, 0.25) is 0 Å². The van der Waals surface area contributed by atoms with Gasteiger partial charge in [0.25, 0.3) is 0 Å². The number of benzene rings is 2. The Morgan fingerprint density at radius 3 is 2.52 bits per heavy atom. The molecule has 1 aliphatic carbocycles. The Morgan fingerprint density at radius 2 is 1.84 bits per heavy atom. The van der Waals surface area contributed by atoms with Gasteiger partial charge in [-0.05, 0) is 49.2 Å². The van der Waals surface area contributed by atoms with Crippen molar-refractivity contribution in [3.05, 3.63) is 64.8 Å². The molecule has 0 saturated heterocycles. The first kappa shape index (κ1) is 16.2. The number of ether oxygens (including phenoxy) is 1. The molecule has 0 fully saturated rings. The van der Waals surface area contributed by atoms with Gasteiger partial charge >= 0.3 is 0 Å². The Hall–Kier alpha value is -2.30. The number of nitrogens with zero attached hydrogens (tertiary/aromatic N) is 2. The highest BCUT2D eigenvalue weighted by molar-refractivity contribution is 6.30. The van der Waals surface area contributed by atoms with E-state index in [2.05, 4.69) is 0 Å². The van der Waals surface area contributed by atoms with E-state index in [1.807, 2.05) is 53.2 Å². The maximum Gasteiger partial charge on any atom is 0.119 e. The number of aromatic nitrogens is 2. The average Bonchev–Trinajstić information content (AvgIpc) is 3.01. The molecule has 0 spiro atoms. The Kier molecular flexibility index (Phi) is 4.24. The Balaban J connectivity index is 1.88. The molecule has 1 unspecified atom stereocenters. The summed E-state index contributed by atoms with van der Waals surface area (Å²) in [6, 6.07) is 15.7. The maximum atomic E-state index is 10.0. The molecule has 1 atom stereocenters. The second-order valence-electron chi connectivity index (χ2n) is 6.29. The van der Waals surface area contributed by atoms with Crippen LogP contribution in [0, 0.1) is 0 Å². The summed E-state index contributed by atoms with van der Waals surface area (Å²) in [5, 5.41) is 15.5. The van der Waals surface area contributed by atoms with Crippen molar-refractivity contribution in [1.29, 1.82) is 0 Å². The molecule has 4 rings (SSSR count). The number of aliphatic hydroxyl groups is 1. The van der Waals surface area contributed by atoms with Crippen LogP contribution in [0.2, 0.25) is 5.02 Å². The summed E-state index contributed by atoms with van der Waals surface area (Å²) in [4.78, 5) is 0. The molecule has 1 aromatic heterocycles. The number of rotatable bonds is 3. The molecule has 0 bridgehead atoms. The number of halogens is 1. The van der Waals surface area contributed by atoms with Crippen molar-refractivity contribution in [2.24, 2.45) is 0 Å². The lowest BCUT2D eigenvalue weighted by Gasteiger charge is -2.17. The van der Waals surface area contributed by atoms with Crippen LogP contribution in [0.4, 0.5) is 0 Å². The summed E-state index contributed by atoms with van der Waals surface area (Å²) < 4.78 is 7.21. The van der Waals surface area contributed by atoms with E-state index < -0.39 is 0 Å². The predicted molar refractivity (Wildman–Crippen MR) is 98.6 cm³/mol. The summed E-state index contributed by atoms with van der Waals surface area (Å²) in [6.07, 6.45) is 1.87. The normalized spacial score (nSPS) is 16.5. The van der Waals surface area contributed by atoms with Gasteiger partial charge < -0.3 is 9.84 Å². The summed E-state index contributed by atoms with van der Waals surface area (Å²) in [5.41, 5.74) is 5.30. The quantitative estimate of drug-likeness (QED) is 0.771. The molecular weight excluding hydrogens is 336 g/mol. The van der Waals surface area contributed by atoms with Crippen molar-refractivity contribution < 1.29 is 9.84 Å². The standard InChI is InChI=1S/C20H19ClN2O2/c1-25-17-9-6-15(7-10-17)23-20(13-2-4-14(21)5-3-13)18-11-8-16(24)12-19(18)22-23/h2-7,9-10,16,24H,8,11-12H2,1H3. The van der Waals surface area contributed by atoms with E-state index in [0.29, 0.717) is 11.4 Å². The van der Waals surface area contributed by atoms with Crippen molar-refractivity contribution in [3.8, 4) is 22.7 Å². The Morgan fingerprint density at radius 1 is 1.12 bits per heavy atom. The van der Waals surface area contributed by atoms with Crippen LogP contribution in [0.1, 0.15) is 17.7 Å². The number of methoxy groups -OCH3 is 1. The largest absolute Gasteiger partial charge is 0.497 e. The van der Waals surface area contributed by atoms with Gasteiger partial charge in [-0.2, -0.15) is 5.10 Å². The van der Waals surface area contributed by atoms with Crippen molar-refractivity contribution in [2.75, 3.05) is 7.11 Å². The van der Waals surface area contributed by atoms with Crippen LogP contribution in [-0.2, 0) is 12.8 Å². The smallest absolute Gasteiger partial charge is 0.119 e. The number of aliphatic hydroxyl groups excluding tert-OH is 1. The number of hydrogen-bond acceptors (Lipinski definition) is 3. The van der Waals surface area contributed by atoms with Crippen molar-refractivity contribution in [1.82, 2.24) is 9.78 Å². The molecule has 1 aliphatic rings. The highest BCUT2D eigenvalue weighted by Crippen LogP contribution is 2.34. The number of hydrogen-bond donors (Lipinski definition) is 1. The third kappa shape index (κ3) is 3.03. The van der Waals surface area contributed by atoms with Crippen LogP contribution < -0.4 is 4.74 Å². The van der Waals surface area contributed by atoms with E-state index in [4.69, 9.17) is 21.4 Å². The summed E-state index contributed by atoms with van der Waals surface area (Å²) in [5.74, 6) is 0.809. The molecule has 0 aliphatic heterocycles. The minimum Gasteiger partial charge on any atom is -0.497 e. The molecule has 1 heterocycles. The molecule has 2 aromatic carbocycles. The van der Waals surface area contributed by atoms with Gasteiger partial charge in [-0.15, -0.1) is 0 Å². The zero-order valence-corrected chi connectivity index (χ0v) is 14.7. The average molecular weight is 355 g/mol. The van der Waals surface area contributed by atoms with Gasteiger partial charge in [0.15, 0.2) is 0 Å². The zero-order chi connectivity index (χ0) is 17.4. The van der Waals surface area contributed by atoms with Crippen LogP contribution >= 0.6 is 11.6 Å². The fraction of sp³-hybridized carbons (Fsp3) is 0.250. The SMILES string of the molecule is COc1ccc(-n2nc3c(c2-c2ccc(Cl)cc2)CCC(O)C3)cc1. The molecule has 0 radical (unpaired) electrons. The van der Waals surface area contributed by atoms with Gasteiger partial charge in [0.1, 0.15) is 5.75 Å². The van der Waals surface area contributed by atoms with Crippen LogP contribution in [0.15, 0.2) is 48.5 Å². The molecule has 0 amide bonds. The fourth-order valence-electron chi connectivity index (χ4n) is 3.37. The van der Waals surface area contributed by atoms with Crippen LogP contribution in [0.25, 0.3) is 16.9 Å². The highest BCUT2D eigenvalue weighted by atomic mass is 35.5. The minimum absolute atomic E-state index is 0.315. The zero-order valence-electron chi connectivity index (χ0n) is 13.9. The molecule has 5 heteroatoms. The molecular formula is C20H19ClN2O2. The summed E-state index contributed by atoms with van der Waals surface area (Å²) >= 11 is 6.06. The van der Waals surface area contributed by atoms with Crippen LogP contribution in [0.5, 0.6) is 5.75 Å². The second-order valence-corrected chi connectivity index (χ2v) is 6.72. The lowest BCUT2D eigenvalue weighted by Crippen LogP contribution is -2.18. The van der Waals surface area contributed by atoms with E-state index in [1.165, 1.54) is 5.56 Å². The van der Waals surface area contributed by atoms with Gasteiger partial charge in [-0.25, -0.2) is 4.68 Å².